The largest absolute Gasteiger partial charge is 0.508 e. The Hall–Kier alpha value is -1.11. The van der Waals surface area contributed by atoms with Gasteiger partial charge in [0.1, 0.15) is 5.75 Å². The van der Waals surface area contributed by atoms with Gasteiger partial charge < -0.3 is 5.11 Å². The first kappa shape index (κ1) is 14.8. The zero-order valence-corrected chi connectivity index (χ0v) is 13.1. The molecule has 21 heavy (non-hydrogen) atoms. The molecule has 1 N–H and O–H groups in total. The normalized spacial score (nSPS) is 24.7. The second-order valence-electron chi connectivity index (χ2n) is 5.99. The van der Waals surface area contributed by atoms with E-state index < -0.39 is 10.0 Å². The SMILES string of the molecule is CS(=O)(=O)N1CCN(C2CCCc3cc(O)ccc32)CC1. The van der Waals surface area contributed by atoms with Gasteiger partial charge in [0.05, 0.1) is 6.26 Å². The highest BCUT2D eigenvalue weighted by Gasteiger charge is 2.30. The number of phenols is 1. The number of phenolic OH excluding ortho intramolecular Hbond substituents is 1. The molecule has 1 unspecified atom stereocenters. The molecule has 0 amide bonds. The quantitative estimate of drug-likeness (QED) is 0.896. The van der Waals surface area contributed by atoms with Crippen molar-refractivity contribution in [2.75, 3.05) is 32.4 Å². The third-order valence-corrected chi connectivity index (χ3v) is 5.90. The van der Waals surface area contributed by atoms with Crippen LogP contribution in [-0.2, 0) is 16.4 Å². The van der Waals surface area contributed by atoms with E-state index in [-0.39, 0.29) is 0 Å². The van der Waals surface area contributed by atoms with Crippen molar-refractivity contribution in [3.05, 3.63) is 29.3 Å². The third kappa shape index (κ3) is 3.07. The van der Waals surface area contributed by atoms with E-state index in [9.17, 15) is 13.5 Å². The number of nitrogens with zero attached hydrogens (tertiary/aromatic N) is 2. The van der Waals surface area contributed by atoms with E-state index in [4.69, 9.17) is 0 Å². The van der Waals surface area contributed by atoms with E-state index in [1.54, 1.807) is 10.4 Å². The molecule has 1 aliphatic carbocycles. The van der Waals surface area contributed by atoms with E-state index in [0.717, 1.165) is 32.4 Å². The molecule has 3 rings (SSSR count). The van der Waals surface area contributed by atoms with Gasteiger partial charge in [-0.15, -0.1) is 0 Å². The topological polar surface area (TPSA) is 60.9 Å². The molecule has 6 heteroatoms. The van der Waals surface area contributed by atoms with Crippen molar-refractivity contribution in [1.29, 1.82) is 0 Å². The highest BCUT2D eigenvalue weighted by atomic mass is 32.2. The Kier molecular flexibility index (Phi) is 3.94. The first-order valence-corrected chi connectivity index (χ1v) is 9.31. The molecule has 5 nitrogen and oxygen atoms in total. The van der Waals surface area contributed by atoms with Crippen LogP contribution in [0.2, 0.25) is 0 Å². The summed E-state index contributed by atoms with van der Waals surface area (Å²) in [6.45, 7) is 2.70. The van der Waals surface area contributed by atoms with Crippen molar-refractivity contribution in [3.8, 4) is 5.75 Å². The maximum atomic E-state index is 11.6. The summed E-state index contributed by atoms with van der Waals surface area (Å²) < 4.78 is 24.7. The Labute approximate surface area is 126 Å². The number of aryl methyl sites for hydroxylation is 1. The van der Waals surface area contributed by atoms with Crippen LogP contribution in [0.25, 0.3) is 0 Å². The summed E-state index contributed by atoms with van der Waals surface area (Å²) in [5.41, 5.74) is 2.53. The minimum absolute atomic E-state index is 0.330. The van der Waals surface area contributed by atoms with Crippen molar-refractivity contribution >= 4 is 10.0 Å². The van der Waals surface area contributed by atoms with Crippen LogP contribution in [0.15, 0.2) is 18.2 Å². The van der Waals surface area contributed by atoms with Crippen molar-refractivity contribution in [3.63, 3.8) is 0 Å². The van der Waals surface area contributed by atoms with Crippen LogP contribution < -0.4 is 0 Å². The summed E-state index contributed by atoms with van der Waals surface area (Å²) in [5, 5.41) is 9.62. The van der Waals surface area contributed by atoms with Crippen LogP contribution in [0, 0.1) is 0 Å². The summed E-state index contributed by atoms with van der Waals surface area (Å²) in [6, 6.07) is 6.01. The standard InChI is InChI=1S/C15H22N2O3S/c1-21(19,20)17-9-7-16(8-10-17)15-4-2-3-12-11-13(18)5-6-14(12)15/h5-6,11,15,18H,2-4,7-10H2,1H3. The molecular formula is C15H22N2O3S. The number of aromatic hydroxyl groups is 1. The van der Waals surface area contributed by atoms with E-state index >= 15 is 0 Å². The highest BCUT2D eigenvalue weighted by Crippen LogP contribution is 2.36. The summed E-state index contributed by atoms with van der Waals surface area (Å²) in [4.78, 5) is 2.39. The minimum atomic E-state index is -3.07. The maximum Gasteiger partial charge on any atom is 0.211 e. The average Bonchev–Trinajstić information content (AvgIpc) is 2.45. The number of hydrogen-bond acceptors (Lipinski definition) is 4. The molecule has 0 radical (unpaired) electrons. The van der Waals surface area contributed by atoms with Crippen LogP contribution in [0.1, 0.15) is 30.0 Å². The first-order chi connectivity index (χ1) is 9.95. The highest BCUT2D eigenvalue weighted by molar-refractivity contribution is 7.88. The average molecular weight is 310 g/mol. The molecule has 116 valence electrons. The number of piperazine rings is 1. The van der Waals surface area contributed by atoms with Gasteiger partial charge in [-0.05, 0) is 42.5 Å². The summed E-state index contributed by atoms with van der Waals surface area (Å²) in [5.74, 6) is 0.330. The van der Waals surface area contributed by atoms with E-state index in [1.165, 1.54) is 17.4 Å². The van der Waals surface area contributed by atoms with Crippen LogP contribution in [0.3, 0.4) is 0 Å². The van der Waals surface area contributed by atoms with Gasteiger partial charge >= 0.3 is 0 Å². The van der Waals surface area contributed by atoms with Crippen LogP contribution in [0.5, 0.6) is 5.75 Å². The van der Waals surface area contributed by atoms with Gasteiger partial charge in [-0.1, -0.05) is 6.07 Å². The molecule has 0 spiro atoms. The molecular weight excluding hydrogens is 288 g/mol. The summed E-state index contributed by atoms with van der Waals surface area (Å²) in [7, 11) is -3.07. The second-order valence-corrected chi connectivity index (χ2v) is 7.97. The Bertz CT molecular complexity index is 622. The monoisotopic (exact) mass is 310 g/mol. The lowest BCUT2D eigenvalue weighted by Gasteiger charge is -2.40. The predicted octanol–water partition coefficient (Wildman–Crippen LogP) is 1.35. The maximum absolute atomic E-state index is 11.6. The molecule has 0 aromatic heterocycles. The van der Waals surface area contributed by atoms with Crippen molar-refractivity contribution in [2.24, 2.45) is 0 Å². The molecule has 1 aliphatic heterocycles. The molecule has 1 aromatic carbocycles. The third-order valence-electron chi connectivity index (χ3n) is 4.59. The molecule has 0 saturated carbocycles. The zero-order chi connectivity index (χ0) is 15.0. The first-order valence-electron chi connectivity index (χ1n) is 7.46. The van der Waals surface area contributed by atoms with Gasteiger partial charge in [0, 0.05) is 32.2 Å². The van der Waals surface area contributed by atoms with Gasteiger partial charge in [-0.2, -0.15) is 4.31 Å². The van der Waals surface area contributed by atoms with Gasteiger partial charge in [0.15, 0.2) is 0 Å². The molecule has 1 saturated heterocycles. The number of benzene rings is 1. The minimum Gasteiger partial charge on any atom is -0.508 e. The van der Waals surface area contributed by atoms with Crippen molar-refractivity contribution < 1.29 is 13.5 Å². The van der Waals surface area contributed by atoms with Crippen molar-refractivity contribution in [1.82, 2.24) is 9.21 Å². The summed E-state index contributed by atoms with van der Waals surface area (Å²) in [6.07, 6.45) is 4.52. The Balaban J connectivity index is 1.75. The fourth-order valence-electron chi connectivity index (χ4n) is 3.50. The number of sulfonamides is 1. The Morgan fingerprint density at radius 1 is 1.19 bits per heavy atom. The lowest BCUT2D eigenvalue weighted by atomic mass is 9.86. The zero-order valence-electron chi connectivity index (χ0n) is 12.3. The summed E-state index contributed by atoms with van der Waals surface area (Å²) >= 11 is 0. The molecule has 1 aromatic rings. The van der Waals surface area contributed by atoms with Crippen molar-refractivity contribution in [2.45, 2.75) is 25.3 Å². The number of rotatable bonds is 2. The Morgan fingerprint density at radius 2 is 1.90 bits per heavy atom. The molecule has 1 heterocycles. The molecule has 0 bridgehead atoms. The van der Waals surface area contributed by atoms with Gasteiger partial charge in [-0.3, -0.25) is 4.90 Å². The fraction of sp³-hybridized carbons (Fsp3) is 0.600. The number of fused-ring (bicyclic) bond motifs is 1. The molecule has 1 fully saturated rings. The van der Waals surface area contributed by atoms with E-state index in [0.29, 0.717) is 24.9 Å². The predicted molar refractivity (Wildman–Crippen MR) is 81.8 cm³/mol. The number of hydrogen-bond donors (Lipinski definition) is 1. The smallest absolute Gasteiger partial charge is 0.211 e. The lowest BCUT2D eigenvalue weighted by Crippen LogP contribution is -2.49. The van der Waals surface area contributed by atoms with E-state index in [2.05, 4.69) is 4.90 Å². The van der Waals surface area contributed by atoms with Crippen LogP contribution in [-0.4, -0.2) is 55.2 Å². The second kappa shape index (κ2) is 5.59. The van der Waals surface area contributed by atoms with E-state index in [1.807, 2.05) is 12.1 Å². The van der Waals surface area contributed by atoms with Gasteiger partial charge in [0.25, 0.3) is 0 Å². The van der Waals surface area contributed by atoms with Gasteiger partial charge in [-0.25, -0.2) is 8.42 Å². The Morgan fingerprint density at radius 3 is 2.57 bits per heavy atom. The van der Waals surface area contributed by atoms with Gasteiger partial charge in [0.2, 0.25) is 10.0 Å². The van der Waals surface area contributed by atoms with Crippen LogP contribution in [0.4, 0.5) is 0 Å². The lowest BCUT2D eigenvalue weighted by molar-refractivity contribution is 0.125. The van der Waals surface area contributed by atoms with Crippen LogP contribution >= 0.6 is 0 Å². The molecule has 2 aliphatic rings. The fourth-order valence-corrected chi connectivity index (χ4v) is 4.33. The molecule has 1 atom stereocenters.